The minimum atomic E-state index is -0.685. The highest BCUT2D eigenvalue weighted by atomic mass is 19.1. The smallest absolute Gasteiger partial charge is 0.241 e. The molecule has 100 valence electrons. The SMILES string of the molecule is COCCC(N)C(=O)Nc1ccc(OC)c(F)c1. The third kappa shape index (κ3) is 3.97. The average molecular weight is 256 g/mol. The number of anilines is 1. The highest BCUT2D eigenvalue weighted by Crippen LogP contribution is 2.20. The van der Waals surface area contributed by atoms with Crippen molar-refractivity contribution in [3.05, 3.63) is 24.0 Å². The summed E-state index contributed by atoms with van der Waals surface area (Å²) < 4.78 is 23.0. The van der Waals surface area contributed by atoms with Crippen LogP contribution in [-0.2, 0) is 9.53 Å². The van der Waals surface area contributed by atoms with Gasteiger partial charge in [-0.25, -0.2) is 4.39 Å². The molecule has 0 aliphatic rings. The zero-order valence-electron chi connectivity index (χ0n) is 10.4. The first kappa shape index (κ1) is 14.4. The molecule has 1 rings (SSSR count). The predicted molar refractivity (Wildman–Crippen MR) is 66.1 cm³/mol. The van der Waals surface area contributed by atoms with Crippen LogP contribution in [0.4, 0.5) is 10.1 Å². The third-order valence-electron chi connectivity index (χ3n) is 2.39. The molecule has 1 aromatic carbocycles. The lowest BCUT2D eigenvalue weighted by molar-refractivity contribution is -0.117. The summed E-state index contributed by atoms with van der Waals surface area (Å²) in [6, 6.07) is 3.48. The molecule has 0 fully saturated rings. The lowest BCUT2D eigenvalue weighted by Crippen LogP contribution is -2.36. The quantitative estimate of drug-likeness (QED) is 0.800. The average Bonchev–Trinajstić information content (AvgIpc) is 2.36. The zero-order valence-corrected chi connectivity index (χ0v) is 10.4. The van der Waals surface area contributed by atoms with E-state index in [-0.39, 0.29) is 11.7 Å². The van der Waals surface area contributed by atoms with Gasteiger partial charge in [0.1, 0.15) is 0 Å². The van der Waals surface area contributed by atoms with Gasteiger partial charge in [-0.2, -0.15) is 0 Å². The molecule has 1 amide bonds. The van der Waals surface area contributed by atoms with Crippen molar-refractivity contribution in [3.8, 4) is 5.75 Å². The Balaban J connectivity index is 2.61. The van der Waals surface area contributed by atoms with Crippen LogP contribution in [0.5, 0.6) is 5.75 Å². The number of hydrogen-bond acceptors (Lipinski definition) is 4. The van der Waals surface area contributed by atoms with Crippen molar-refractivity contribution in [1.82, 2.24) is 0 Å². The van der Waals surface area contributed by atoms with Gasteiger partial charge in [-0.05, 0) is 18.6 Å². The van der Waals surface area contributed by atoms with E-state index >= 15 is 0 Å². The van der Waals surface area contributed by atoms with Gasteiger partial charge in [0.25, 0.3) is 0 Å². The minimum Gasteiger partial charge on any atom is -0.494 e. The normalized spacial score (nSPS) is 12.0. The van der Waals surface area contributed by atoms with Gasteiger partial charge in [0.05, 0.1) is 13.2 Å². The van der Waals surface area contributed by atoms with Crippen LogP contribution in [0.3, 0.4) is 0 Å². The number of carbonyl (C=O) groups excluding carboxylic acids is 1. The van der Waals surface area contributed by atoms with Gasteiger partial charge in [-0.15, -0.1) is 0 Å². The maximum absolute atomic E-state index is 13.4. The molecular weight excluding hydrogens is 239 g/mol. The molecule has 0 aliphatic heterocycles. The van der Waals surface area contributed by atoms with Crippen LogP contribution >= 0.6 is 0 Å². The fourth-order valence-electron chi connectivity index (χ4n) is 1.36. The van der Waals surface area contributed by atoms with E-state index < -0.39 is 11.9 Å². The molecule has 3 N–H and O–H groups in total. The van der Waals surface area contributed by atoms with E-state index in [4.69, 9.17) is 15.2 Å². The monoisotopic (exact) mass is 256 g/mol. The number of methoxy groups -OCH3 is 2. The Morgan fingerprint density at radius 2 is 2.22 bits per heavy atom. The molecule has 1 unspecified atom stereocenters. The van der Waals surface area contributed by atoms with E-state index in [1.165, 1.54) is 26.4 Å². The van der Waals surface area contributed by atoms with Crippen molar-refractivity contribution >= 4 is 11.6 Å². The zero-order chi connectivity index (χ0) is 13.5. The first-order valence-corrected chi connectivity index (χ1v) is 5.47. The first-order valence-electron chi connectivity index (χ1n) is 5.47. The standard InChI is InChI=1S/C12H17FN2O3/c1-17-6-5-10(14)12(16)15-8-3-4-11(18-2)9(13)7-8/h3-4,7,10H,5-6,14H2,1-2H3,(H,15,16). The Morgan fingerprint density at radius 3 is 2.78 bits per heavy atom. The number of nitrogens with one attached hydrogen (secondary N) is 1. The third-order valence-corrected chi connectivity index (χ3v) is 2.39. The summed E-state index contributed by atoms with van der Waals surface area (Å²) in [5.74, 6) is -0.797. The molecule has 0 bridgehead atoms. The van der Waals surface area contributed by atoms with Gasteiger partial charge < -0.3 is 20.5 Å². The predicted octanol–water partition coefficient (Wildman–Crippen LogP) is 1.14. The Bertz CT molecular complexity index is 412. The summed E-state index contributed by atoms with van der Waals surface area (Å²) in [6.07, 6.45) is 0.404. The number of halogens is 1. The van der Waals surface area contributed by atoms with Crippen molar-refractivity contribution in [3.63, 3.8) is 0 Å². The number of hydrogen-bond donors (Lipinski definition) is 2. The second kappa shape index (κ2) is 6.93. The number of benzene rings is 1. The van der Waals surface area contributed by atoms with Crippen molar-refractivity contribution in [2.45, 2.75) is 12.5 Å². The largest absolute Gasteiger partial charge is 0.494 e. The maximum Gasteiger partial charge on any atom is 0.241 e. The van der Waals surface area contributed by atoms with Crippen molar-refractivity contribution in [2.24, 2.45) is 5.73 Å². The lowest BCUT2D eigenvalue weighted by atomic mass is 10.2. The molecule has 5 nitrogen and oxygen atoms in total. The summed E-state index contributed by atoms with van der Waals surface area (Å²) in [4.78, 5) is 11.6. The Kier molecular flexibility index (Phi) is 5.54. The number of ether oxygens (including phenoxy) is 2. The van der Waals surface area contributed by atoms with E-state index in [9.17, 15) is 9.18 Å². The van der Waals surface area contributed by atoms with Crippen LogP contribution < -0.4 is 15.8 Å². The molecule has 1 atom stereocenters. The Labute approximate surface area is 105 Å². The van der Waals surface area contributed by atoms with Gasteiger partial charge in [-0.1, -0.05) is 0 Å². The molecule has 6 heteroatoms. The van der Waals surface area contributed by atoms with Crippen LogP contribution in [0.1, 0.15) is 6.42 Å². The Morgan fingerprint density at radius 1 is 1.50 bits per heavy atom. The summed E-state index contributed by atoms with van der Waals surface area (Å²) in [5, 5.41) is 2.53. The van der Waals surface area contributed by atoms with E-state index in [2.05, 4.69) is 5.32 Å². The van der Waals surface area contributed by atoms with Crippen molar-refractivity contribution in [1.29, 1.82) is 0 Å². The molecule has 0 saturated heterocycles. The van der Waals surface area contributed by atoms with E-state index in [0.717, 1.165) is 0 Å². The molecule has 0 saturated carbocycles. The molecular formula is C12H17FN2O3. The topological polar surface area (TPSA) is 73.6 Å². The lowest BCUT2D eigenvalue weighted by Gasteiger charge is -2.12. The highest BCUT2D eigenvalue weighted by molar-refractivity contribution is 5.94. The molecule has 0 heterocycles. The van der Waals surface area contributed by atoms with Gasteiger partial charge >= 0.3 is 0 Å². The van der Waals surface area contributed by atoms with E-state index in [1.54, 1.807) is 6.07 Å². The number of carbonyl (C=O) groups is 1. The van der Waals surface area contributed by atoms with E-state index in [1.807, 2.05) is 0 Å². The maximum atomic E-state index is 13.4. The van der Waals surface area contributed by atoms with Gasteiger partial charge in [0, 0.05) is 25.5 Å². The molecule has 0 aromatic heterocycles. The number of nitrogens with two attached hydrogens (primary N) is 1. The summed E-state index contributed by atoms with van der Waals surface area (Å²) in [6.45, 7) is 0.394. The summed E-state index contributed by atoms with van der Waals surface area (Å²) in [5.41, 5.74) is 5.97. The van der Waals surface area contributed by atoms with Crippen LogP contribution in [0.2, 0.25) is 0 Å². The number of rotatable bonds is 6. The van der Waals surface area contributed by atoms with Crippen molar-refractivity contribution < 1.29 is 18.7 Å². The van der Waals surface area contributed by atoms with Crippen molar-refractivity contribution in [2.75, 3.05) is 26.1 Å². The van der Waals surface area contributed by atoms with Gasteiger partial charge in [0.15, 0.2) is 11.6 Å². The van der Waals surface area contributed by atoms with Crippen LogP contribution in [0, 0.1) is 5.82 Å². The van der Waals surface area contributed by atoms with Crippen LogP contribution in [0.25, 0.3) is 0 Å². The van der Waals surface area contributed by atoms with Gasteiger partial charge in [-0.3, -0.25) is 4.79 Å². The Hall–Kier alpha value is -1.66. The van der Waals surface area contributed by atoms with Gasteiger partial charge in [0.2, 0.25) is 5.91 Å². The molecule has 1 aromatic rings. The van der Waals surface area contributed by atoms with Crippen LogP contribution in [-0.4, -0.2) is 32.8 Å². The molecule has 0 radical (unpaired) electrons. The fourth-order valence-corrected chi connectivity index (χ4v) is 1.36. The molecule has 18 heavy (non-hydrogen) atoms. The van der Waals surface area contributed by atoms with Crippen LogP contribution in [0.15, 0.2) is 18.2 Å². The highest BCUT2D eigenvalue weighted by Gasteiger charge is 2.14. The summed E-state index contributed by atoms with van der Waals surface area (Å²) in [7, 11) is 2.90. The molecule has 0 spiro atoms. The first-order chi connectivity index (χ1) is 8.58. The fraction of sp³-hybridized carbons (Fsp3) is 0.417. The molecule has 0 aliphatic carbocycles. The second-order valence-corrected chi connectivity index (χ2v) is 3.73. The van der Waals surface area contributed by atoms with E-state index in [0.29, 0.717) is 18.7 Å². The second-order valence-electron chi connectivity index (χ2n) is 3.73. The minimum absolute atomic E-state index is 0.122. The number of amides is 1. The summed E-state index contributed by atoms with van der Waals surface area (Å²) >= 11 is 0.